The predicted octanol–water partition coefficient (Wildman–Crippen LogP) is 3.61. The number of hydrogen-bond donors (Lipinski definition) is 1. The van der Waals surface area contributed by atoms with E-state index in [0.29, 0.717) is 4.75 Å². The van der Waals surface area contributed by atoms with E-state index < -0.39 is 0 Å². The first-order chi connectivity index (χ1) is 10.0. The third-order valence-corrected chi connectivity index (χ3v) is 5.46. The minimum absolute atomic E-state index is 0.397. The quantitative estimate of drug-likeness (QED) is 0.841. The summed E-state index contributed by atoms with van der Waals surface area (Å²) in [5.41, 5.74) is 2.48. The van der Waals surface area contributed by atoms with Crippen molar-refractivity contribution < 1.29 is 0 Å². The highest BCUT2D eigenvalue weighted by Gasteiger charge is 2.24. The van der Waals surface area contributed by atoms with Gasteiger partial charge in [-0.25, -0.2) is 4.98 Å². The lowest BCUT2D eigenvalue weighted by Gasteiger charge is -2.24. The van der Waals surface area contributed by atoms with Crippen LogP contribution in [0.1, 0.15) is 44.9 Å². The average molecular weight is 308 g/mol. The second-order valence-corrected chi connectivity index (χ2v) is 8.24. The van der Waals surface area contributed by atoms with E-state index in [2.05, 4.69) is 61.8 Å². The summed E-state index contributed by atoms with van der Waals surface area (Å²) >= 11 is 2.08. The Balaban J connectivity index is 2.02. The van der Waals surface area contributed by atoms with E-state index in [1.54, 1.807) is 0 Å². The molecule has 3 nitrogen and oxygen atoms in total. The molecular weight excluding hydrogens is 278 g/mol. The molecule has 1 saturated heterocycles. The second-order valence-electron chi connectivity index (χ2n) is 6.44. The van der Waals surface area contributed by atoms with Crippen molar-refractivity contribution in [1.29, 1.82) is 0 Å². The summed E-state index contributed by atoms with van der Waals surface area (Å²) in [4.78, 5) is 7.28. The summed E-state index contributed by atoms with van der Waals surface area (Å²) in [6.45, 7) is 13.2. The van der Waals surface area contributed by atoms with E-state index in [0.717, 1.165) is 37.7 Å². The van der Waals surface area contributed by atoms with Crippen LogP contribution in [0.15, 0.2) is 12.1 Å². The Morgan fingerprint density at radius 3 is 2.86 bits per heavy atom. The van der Waals surface area contributed by atoms with Crippen LogP contribution >= 0.6 is 11.8 Å². The molecule has 0 unspecified atom stereocenters. The Bertz CT molecular complexity index is 459. The van der Waals surface area contributed by atoms with Gasteiger partial charge in [0.05, 0.1) is 0 Å². The molecule has 0 spiro atoms. The van der Waals surface area contributed by atoms with Crippen molar-refractivity contribution in [2.45, 2.75) is 51.8 Å². The average Bonchev–Trinajstić information content (AvgIpc) is 2.62. The highest BCUT2D eigenvalue weighted by atomic mass is 32.2. The Labute approximate surface area is 133 Å². The Morgan fingerprint density at radius 1 is 1.33 bits per heavy atom. The topological polar surface area (TPSA) is 28.2 Å². The third kappa shape index (κ3) is 4.89. The Morgan fingerprint density at radius 2 is 2.14 bits per heavy atom. The lowest BCUT2D eigenvalue weighted by Crippen LogP contribution is -2.28. The maximum absolute atomic E-state index is 4.84. The summed E-state index contributed by atoms with van der Waals surface area (Å²) in [6, 6.07) is 4.43. The molecule has 1 N–H and O–H groups in total. The predicted molar refractivity (Wildman–Crippen MR) is 94.3 cm³/mol. The molecule has 21 heavy (non-hydrogen) atoms. The number of anilines is 1. The van der Waals surface area contributed by atoms with E-state index >= 15 is 0 Å². The number of pyridine rings is 1. The molecule has 0 aromatic carbocycles. The maximum atomic E-state index is 4.84. The highest BCUT2D eigenvalue weighted by Crippen LogP contribution is 2.32. The van der Waals surface area contributed by atoms with Crippen molar-refractivity contribution in [3.8, 4) is 0 Å². The zero-order valence-electron chi connectivity index (χ0n) is 13.9. The zero-order valence-corrected chi connectivity index (χ0v) is 14.7. The first-order valence-corrected chi connectivity index (χ1v) is 9.06. The molecule has 1 aliphatic rings. The molecule has 0 bridgehead atoms. The van der Waals surface area contributed by atoms with Gasteiger partial charge in [-0.15, -0.1) is 0 Å². The van der Waals surface area contributed by atoms with Gasteiger partial charge in [-0.2, -0.15) is 11.8 Å². The van der Waals surface area contributed by atoms with Gasteiger partial charge in [0.15, 0.2) is 0 Å². The fourth-order valence-corrected chi connectivity index (χ4v) is 3.69. The van der Waals surface area contributed by atoms with E-state index in [9.17, 15) is 0 Å². The molecule has 1 aromatic rings. The molecular formula is C17H29N3S. The second kappa shape index (κ2) is 7.50. The number of aryl methyl sites for hydroxylation is 1. The van der Waals surface area contributed by atoms with E-state index in [4.69, 9.17) is 4.98 Å². The van der Waals surface area contributed by atoms with Crippen LogP contribution in [0, 0.1) is 6.92 Å². The molecule has 0 aliphatic carbocycles. The van der Waals surface area contributed by atoms with Crippen molar-refractivity contribution in [3.05, 3.63) is 23.4 Å². The van der Waals surface area contributed by atoms with Gasteiger partial charge in [-0.3, -0.25) is 0 Å². The van der Waals surface area contributed by atoms with Crippen LogP contribution in [0.25, 0.3) is 0 Å². The van der Waals surface area contributed by atoms with Crippen molar-refractivity contribution in [2.75, 3.05) is 30.3 Å². The maximum Gasteiger partial charge on any atom is 0.128 e. The van der Waals surface area contributed by atoms with Gasteiger partial charge in [0, 0.05) is 35.8 Å². The monoisotopic (exact) mass is 307 g/mol. The number of rotatable bonds is 5. The minimum atomic E-state index is 0.397. The number of hydrogen-bond acceptors (Lipinski definition) is 4. The standard InChI is InChI=1S/C17H29N3S/c1-5-9-18-13-15-6-7-16(19-14(15)2)20-10-8-17(3,4)21-12-11-20/h6-7,18H,5,8-13H2,1-4H3. The third-order valence-electron chi connectivity index (χ3n) is 4.08. The lowest BCUT2D eigenvalue weighted by atomic mass is 10.1. The normalized spacial score (nSPS) is 18.6. The fraction of sp³-hybridized carbons (Fsp3) is 0.706. The smallest absolute Gasteiger partial charge is 0.128 e. The molecule has 118 valence electrons. The summed E-state index contributed by atoms with van der Waals surface area (Å²) < 4.78 is 0.397. The SMILES string of the molecule is CCCNCc1ccc(N2CCSC(C)(C)CC2)nc1C. The number of thioether (sulfide) groups is 1. The molecule has 2 rings (SSSR count). The summed E-state index contributed by atoms with van der Waals surface area (Å²) in [7, 11) is 0. The number of nitrogens with one attached hydrogen (secondary N) is 1. The largest absolute Gasteiger partial charge is 0.356 e. The highest BCUT2D eigenvalue weighted by molar-refractivity contribution is 8.00. The molecule has 1 fully saturated rings. The summed E-state index contributed by atoms with van der Waals surface area (Å²) in [5, 5.41) is 3.46. The van der Waals surface area contributed by atoms with E-state index in [1.807, 2.05) is 0 Å². The minimum Gasteiger partial charge on any atom is -0.356 e. The van der Waals surface area contributed by atoms with Crippen LogP contribution in [0.4, 0.5) is 5.82 Å². The van der Waals surface area contributed by atoms with Crippen LogP contribution in [0.3, 0.4) is 0 Å². The van der Waals surface area contributed by atoms with Gasteiger partial charge in [0.1, 0.15) is 5.82 Å². The van der Waals surface area contributed by atoms with Gasteiger partial charge in [-0.05, 0) is 37.9 Å². The molecule has 0 amide bonds. The van der Waals surface area contributed by atoms with Gasteiger partial charge < -0.3 is 10.2 Å². The molecule has 2 heterocycles. The molecule has 0 atom stereocenters. The van der Waals surface area contributed by atoms with E-state index in [1.165, 1.54) is 24.2 Å². The summed E-state index contributed by atoms with van der Waals surface area (Å²) in [6.07, 6.45) is 2.39. The lowest BCUT2D eigenvalue weighted by molar-refractivity contribution is 0.634. The van der Waals surface area contributed by atoms with Crippen molar-refractivity contribution in [2.24, 2.45) is 0 Å². The molecule has 1 aliphatic heterocycles. The Hall–Kier alpha value is -0.740. The number of nitrogens with zero attached hydrogens (tertiary/aromatic N) is 2. The first-order valence-electron chi connectivity index (χ1n) is 8.08. The van der Waals surface area contributed by atoms with Crippen molar-refractivity contribution >= 4 is 17.6 Å². The molecule has 0 saturated carbocycles. The van der Waals surface area contributed by atoms with E-state index in [-0.39, 0.29) is 0 Å². The fourth-order valence-electron chi connectivity index (χ4n) is 2.59. The van der Waals surface area contributed by atoms with Crippen LogP contribution in [0.2, 0.25) is 0 Å². The molecule has 0 radical (unpaired) electrons. The molecule has 1 aromatic heterocycles. The first kappa shape index (κ1) is 16.6. The van der Waals surface area contributed by atoms with Gasteiger partial charge >= 0.3 is 0 Å². The molecule has 4 heteroatoms. The van der Waals surface area contributed by atoms with Crippen LogP contribution < -0.4 is 10.2 Å². The Kier molecular flexibility index (Phi) is 5.94. The van der Waals surface area contributed by atoms with Crippen molar-refractivity contribution in [1.82, 2.24) is 10.3 Å². The number of aromatic nitrogens is 1. The van der Waals surface area contributed by atoms with Crippen LogP contribution in [-0.4, -0.2) is 35.1 Å². The van der Waals surface area contributed by atoms with Crippen LogP contribution in [-0.2, 0) is 6.54 Å². The van der Waals surface area contributed by atoms with Gasteiger partial charge in [0.25, 0.3) is 0 Å². The van der Waals surface area contributed by atoms with Gasteiger partial charge in [-0.1, -0.05) is 26.8 Å². The van der Waals surface area contributed by atoms with Crippen molar-refractivity contribution in [3.63, 3.8) is 0 Å². The van der Waals surface area contributed by atoms with Gasteiger partial charge in [0.2, 0.25) is 0 Å². The van der Waals surface area contributed by atoms with Crippen LogP contribution in [0.5, 0.6) is 0 Å². The zero-order chi connectivity index (χ0) is 15.3. The summed E-state index contributed by atoms with van der Waals surface area (Å²) in [5.74, 6) is 2.33.